The SMILES string of the molecule is CCOC(=O)NC(CN)c1ccc(OC)c(OC)c1OC. The second-order valence-electron chi connectivity index (χ2n) is 4.08. The highest BCUT2D eigenvalue weighted by atomic mass is 16.5. The molecule has 21 heavy (non-hydrogen) atoms. The highest BCUT2D eigenvalue weighted by Crippen LogP contribution is 2.41. The predicted molar refractivity (Wildman–Crippen MR) is 78.1 cm³/mol. The summed E-state index contributed by atoms with van der Waals surface area (Å²) in [5.74, 6) is 1.44. The Labute approximate surface area is 124 Å². The summed E-state index contributed by atoms with van der Waals surface area (Å²) in [5, 5.41) is 2.68. The van der Waals surface area contributed by atoms with Crippen molar-refractivity contribution in [2.75, 3.05) is 34.5 Å². The maximum absolute atomic E-state index is 11.6. The summed E-state index contributed by atoms with van der Waals surface area (Å²) >= 11 is 0. The summed E-state index contributed by atoms with van der Waals surface area (Å²) < 4.78 is 20.8. The van der Waals surface area contributed by atoms with Crippen LogP contribution in [0.2, 0.25) is 0 Å². The van der Waals surface area contributed by atoms with Gasteiger partial charge in [-0.05, 0) is 19.1 Å². The van der Waals surface area contributed by atoms with E-state index in [4.69, 9.17) is 24.7 Å². The van der Waals surface area contributed by atoms with E-state index >= 15 is 0 Å². The van der Waals surface area contributed by atoms with Crippen molar-refractivity contribution in [1.82, 2.24) is 5.32 Å². The molecule has 3 N–H and O–H groups in total. The van der Waals surface area contributed by atoms with Gasteiger partial charge in [-0.2, -0.15) is 0 Å². The number of amides is 1. The van der Waals surface area contributed by atoms with Gasteiger partial charge in [-0.1, -0.05) is 0 Å². The molecule has 0 fully saturated rings. The van der Waals surface area contributed by atoms with Gasteiger partial charge in [-0.15, -0.1) is 0 Å². The molecule has 0 aliphatic carbocycles. The first-order valence-electron chi connectivity index (χ1n) is 6.55. The topological polar surface area (TPSA) is 92.0 Å². The Bertz CT molecular complexity index is 479. The first-order valence-corrected chi connectivity index (χ1v) is 6.55. The van der Waals surface area contributed by atoms with E-state index in [1.165, 1.54) is 21.3 Å². The van der Waals surface area contributed by atoms with Gasteiger partial charge in [-0.25, -0.2) is 4.79 Å². The summed E-state index contributed by atoms with van der Waals surface area (Å²) in [6.07, 6.45) is -0.537. The van der Waals surface area contributed by atoms with E-state index in [1.807, 2.05) is 0 Å². The molecule has 0 bridgehead atoms. The van der Waals surface area contributed by atoms with Crippen LogP contribution < -0.4 is 25.3 Å². The zero-order valence-electron chi connectivity index (χ0n) is 12.8. The molecule has 0 saturated heterocycles. The largest absolute Gasteiger partial charge is 0.493 e. The minimum Gasteiger partial charge on any atom is -0.493 e. The van der Waals surface area contributed by atoms with Gasteiger partial charge in [0.1, 0.15) is 0 Å². The fourth-order valence-electron chi connectivity index (χ4n) is 1.98. The second kappa shape index (κ2) is 8.21. The Kier molecular flexibility index (Phi) is 6.61. The van der Waals surface area contributed by atoms with Crippen LogP contribution in [0.25, 0.3) is 0 Å². The molecule has 7 heteroatoms. The molecule has 1 unspecified atom stereocenters. The van der Waals surface area contributed by atoms with Gasteiger partial charge in [0.2, 0.25) is 5.75 Å². The maximum Gasteiger partial charge on any atom is 0.407 e. The van der Waals surface area contributed by atoms with Gasteiger partial charge >= 0.3 is 6.09 Å². The molecule has 118 valence electrons. The number of carbonyl (C=O) groups is 1. The Morgan fingerprint density at radius 3 is 2.33 bits per heavy atom. The highest BCUT2D eigenvalue weighted by Gasteiger charge is 2.23. The first kappa shape index (κ1) is 16.9. The number of rotatable bonds is 7. The molecule has 0 aliphatic rings. The van der Waals surface area contributed by atoms with Crippen LogP contribution in [0.3, 0.4) is 0 Å². The molecule has 0 aromatic heterocycles. The zero-order chi connectivity index (χ0) is 15.8. The predicted octanol–water partition coefficient (Wildman–Crippen LogP) is 1.46. The lowest BCUT2D eigenvalue weighted by Gasteiger charge is -2.22. The third-order valence-electron chi connectivity index (χ3n) is 2.91. The van der Waals surface area contributed by atoms with Gasteiger partial charge in [-0.3, -0.25) is 0 Å². The van der Waals surface area contributed by atoms with Gasteiger partial charge in [0.25, 0.3) is 0 Å². The van der Waals surface area contributed by atoms with E-state index in [0.717, 1.165) is 0 Å². The molecular weight excluding hydrogens is 276 g/mol. The average Bonchev–Trinajstić information content (AvgIpc) is 2.51. The molecule has 0 radical (unpaired) electrons. The third-order valence-corrected chi connectivity index (χ3v) is 2.91. The highest BCUT2D eigenvalue weighted by molar-refractivity contribution is 5.68. The lowest BCUT2D eigenvalue weighted by molar-refractivity contribution is 0.148. The minimum absolute atomic E-state index is 0.185. The first-order chi connectivity index (χ1) is 10.1. The number of nitrogens with one attached hydrogen (secondary N) is 1. The van der Waals surface area contributed by atoms with Crippen molar-refractivity contribution < 1.29 is 23.7 Å². The average molecular weight is 298 g/mol. The van der Waals surface area contributed by atoms with Crippen molar-refractivity contribution in [2.24, 2.45) is 5.73 Å². The normalized spacial score (nSPS) is 11.5. The molecular formula is C14H22N2O5. The van der Waals surface area contributed by atoms with E-state index in [0.29, 0.717) is 22.8 Å². The van der Waals surface area contributed by atoms with Crippen molar-refractivity contribution in [3.05, 3.63) is 17.7 Å². The number of carbonyl (C=O) groups excluding carboxylic acids is 1. The number of nitrogens with two attached hydrogens (primary N) is 1. The van der Waals surface area contributed by atoms with Gasteiger partial charge in [0, 0.05) is 12.1 Å². The van der Waals surface area contributed by atoms with E-state index in [9.17, 15) is 4.79 Å². The summed E-state index contributed by atoms with van der Waals surface area (Å²) in [6, 6.07) is 3.04. The molecule has 1 aromatic rings. The number of methoxy groups -OCH3 is 3. The Morgan fingerprint density at radius 2 is 1.86 bits per heavy atom. The van der Waals surface area contributed by atoms with Crippen molar-refractivity contribution in [3.8, 4) is 17.2 Å². The molecule has 1 rings (SSSR count). The van der Waals surface area contributed by atoms with Crippen LogP contribution in [0.15, 0.2) is 12.1 Å². The van der Waals surface area contributed by atoms with Crippen molar-refractivity contribution >= 4 is 6.09 Å². The summed E-state index contributed by atoms with van der Waals surface area (Å²) in [5.41, 5.74) is 6.42. The quantitative estimate of drug-likeness (QED) is 0.791. The monoisotopic (exact) mass is 298 g/mol. The molecule has 0 aliphatic heterocycles. The van der Waals surface area contributed by atoms with Crippen LogP contribution >= 0.6 is 0 Å². The zero-order valence-corrected chi connectivity index (χ0v) is 12.8. The van der Waals surface area contributed by atoms with Gasteiger partial charge < -0.3 is 30.0 Å². The van der Waals surface area contributed by atoms with Crippen LogP contribution in [0, 0.1) is 0 Å². The number of hydrogen-bond acceptors (Lipinski definition) is 6. The van der Waals surface area contributed by atoms with Crippen LogP contribution in [0.1, 0.15) is 18.5 Å². The molecule has 0 spiro atoms. The van der Waals surface area contributed by atoms with Crippen LogP contribution in [-0.2, 0) is 4.74 Å². The van der Waals surface area contributed by atoms with Crippen molar-refractivity contribution in [2.45, 2.75) is 13.0 Å². The molecule has 7 nitrogen and oxygen atoms in total. The summed E-state index contributed by atoms with van der Waals surface area (Å²) in [7, 11) is 4.56. The number of hydrogen-bond donors (Lipinski definition) is 2. The fraction of sp³-hybridized carbons (Fsp3) is 0.500. The molecule has 0 heterocycles. The van der Waals surface area contributed by atoms with Crippen LogP contribution in [-0.4, -0.2) is 40.6 Å². The van der Waals surface area contributed by atoms with E-state index in [2.05, 4.69) is 5.32 Å². The van der Waals surface area contributed by atoms with Crippen molar-refractivity contribution in [1.29, 1.82) is 0 Å². The fourth-order valence-corrected chi connectivity index (χ4v) is 1.98. The summed E-state index contributed by atoms with van der Waals surface area (Å²) in [6.45, 7) is 2.20. The van der Waals surface area contributed by atoms with Crippen molar-refractivity contribution in [3.63, 3.8) is 0 Å². The molecule has 1 amide bonds. The lowest BCUT2D eigenvalue weighted by Crippen LogP contribution is -2.34. The number of ether oxygens (including phenoxy) is 4. The Balaban J connectivity index is 3.17. The molecule has 1 aromatic carbocycles. The van der Waals surface area contributed by atoms with Gasteiger partial charge in [0.15, 0.2) is 11.5 Å². The maximum atomic E-state index is 11.6. The third kappa shape index (κ3) is 3.91. The van der Waals surface area contributed by atoms with Crippen LogP contribution in [0.4, 0.5) is 4.79 Å². The van der Waals surface area contributed by atoms with Crippen LogP contribution in [0.5, 0.6) is 17.2 Å². The molecule has 0 saturated carbocycles. The number of benzene rings is 1. The summed E-state index contributed by atoms with van der Waals surface area (Å²) in [4.78, 5) is 11.6. The Morgan fingerprint density at radius 1 is 1.19 bits per heavy atom. The lowest BCUT2D eigenvalue weighted by atomic mass is 10.0. The Hall–Kier alpha value is -2.15. The van der Waals surface area contributed by atoms with E-state index < -0.39 is 12.1 Å². The van der Waals surface area contributed by atoms with E-state index in [-0.39, 0.29) is 13.2 Å². The second-order valence-corrected chi connectivity index (χ2v) is 4.08. The van der Waals surface area contributed by atoms with Gasteiger partial charge in [0.05, 0.1) is 34.0 Å². The number of alkyl carbamates (subject to hydrolysis) is 1. The smallest absolute Gasteiger partial charge is 0.407 e. The molecule has 1 atom stereocenters. The standard InChI is InChI=1S/C14H22N2O5/c1-5-21-14(17)16-10(8-15)9-6-7-11(18-2)13(20-4)12(9)19-3/h6-7,10H,5,8,15H2,1-4H3,(H,16,17). The minimum atomic E-state index is -0.537. The van der Waals surface area contributed by atoms with E-state index in [1.54, 1.807) is 19.1 Å².